The van der Waals surface area contributed by atoms with Gasteiger partial charge in [0, 0.05) is 42.3 Å². The number of aromatic nitrogens is 3. The van der Waals surface area contributed by atoms with Crippen LogP contribution >= 0.6 is 0 Å². The summed E-state index contributed by atoms with van der Waals surface area (Å²) in [6.07, 6.45) is 4.62. The molecule has 0 amide bonds. The van der Waals surface area contributed by atoms with E-state index in [4.69, 9.17) is 5.11 Å². The molecule has 0 radical (unpaired) electrons. The molecule has 2 aromatic rings. The number of carboxylic acid groups (broad SMARTS) is 1. The van der Waals surface area contributed by atoms with E-state index in [9.17, 15) is 4.79 Å². The van der Waals surface area contributed by atoms with Gasteiger partial charge in [-0.1, -0.05) is 0 Å². The van der Waals surface area contributed by atoms with Gasteiger partial charge in [0.15, 0.2) is 0 Å². The Balaban J connectivity index is 2.53. The van der Waals surface area contributed by atoms with Crippen LogP contribution in [0.2, 0.25) is 0 Å². The average molecular weight is 271 g/mol. The van der Waals surface area contributed by atoms with Crippen molar-refractivity contribution in [3.8, 4) is 11.1 Å². The van der Waals surface area contributed by atoms with Gasteiger partial charge in [-0.25, -0.2) is 4.79 Å². The molecule has 1 N–H and O–H groups in total. The van der Waals surface area contributed by atoms with Crippen molar-refractivity contribution >= 4 is 11.5 Å². The molecule has 0 spiro atoms. The third-order valence-electron chi connectivity index (χ3n) is 3.33. The molecule has 5 nitrogen and oxygen atoms in total. The predicted octanol–water partition coefficient (Wildman–Crippen LogP) is 2.59. The lowest BCUT2D eigenvalue weighted by Crippen LogP contribution is -1.94. The number of carboxylic acids is 1. The van der Waals surface area contributed by atoms with Crippen molar-refractivity contribution < 1.29 is 9.90 Å². The molecule has 0 aliphatic rings. The Bertz CT molecular complexity index is 699. The third-order valence-corrected chi connectivity index (χ3v) is 3.33. The first kappa shape index (κ1) is 14.0. The highest BCUT2D eigenvalue weighted by Gasteiger charge is 2.12. The zero-order chi connectivity index (χ0) is 14.9. The van der Waals surface area contributed by atoms with Crippen LogP contribution in [0.1, 0.15) is 23.9 Å². The highest BCUT2D eigenvalue weighted by atomic mass is 16.4. The number of hydrogen-bond donors (Lipinski definition) is 1. The van der Waals surface area contributed by atoms with Crippen LogP contribution in [0.5, 0.6) is 0 Å². The molecular formula is C15H17N3O2. The predicted molar refractivity (Wildman–Crippen MR) is 77.2 cm³/mol. The van der Waals surface area contributed by atoms with E-state index in [1.807, 2.05) is 31.6 Å². The van der Waals surface area contributed by atoms with Crippen LogP contribution in [0, 0.1) is 13.8 Å². The van der Waals surface area contributed by atoms with Crippen molar-refractivity contribution in [3.05, 3.63) is 41.5 Å². The lowest BCUT2D eigenvalue weighted by atomic mass is 10.0. The van der Waals surface area contributed by atoms with Gasteiger partial charge in [0.2, 0.25) is 0 Å². The van der Waals surface area contributed by atoms with Crippen molar-refractivity contribution in [3.63, 3.8) is 0 Å². The Labute approximate surface area is 117 Å². The zero-order valence-electron chi connectivity index (χ0n) is 12.0. The van der Waals surface area contributed by atoms with Crippen LogP contribution in [0.15, 0.2) is 24.5 Å². The fraction of sp³-hybridized carbons (Fsp3) is 0.267. The summed E-state index contributed by atoms with van der Waals surface area (Å²) in [5, 5.41) is 13.2. The Morgan fingerprint density at radius 3 is 2.60 bits per heavy atom. The maximum Gasteiger partial charge on any atom is 0.328 e. The van der Waals surface area contributed by atoms with E-state index in [0.717, 1.165) is 28.1 Å². The fourth-order valence-electron chi connectivity index (χ4n) is 2.25. The van der Waals surface area contributed by atoms with Gasteiger partial charge in [0.1, 0.15) is 0 Å². The number of allylic oxidation sites excluding steroid dienone is 1. The van der Waals surface area contributed by atoms with Crippen LogP contribution in [-0.4, -0.2) is 25.8 Å². The Morgan fingerprint density at radius 1 is 1.35 bits per heavy atom. The van der Waals surface area contributed by atoms with Crippen LogP contribution < -0.4 is 0 Å². The van der Waals surface area contributed by atoms with Gasteiger partial charge in [0.25, 0.3) is 0 Å². The van der Waals surface area contributed by atoms with Gasteiger partial charge < -0.3 is 5.11 Å². The number of carbonyl (C=O) groups is 1. The summed E-state index contributed by atoms with van der Waals surface area (Å²) in [7, 11) is 1.90. The molecule has 0 aromatic carbocycles. The van der Waals surface area contributed by atoms with Gasteiger partial charge in [-0.15, -0.1) is 0 Å². The maximum absolute atomic E-state index is 10.7. The van der Waals surface area contributed by atoms with Gasteiger partial charge in [-0.05, 0) is 38.0 Å². The molecule has 104 valence electrons. The number of rotatable bonds is 3. The minimum absolute atomic E-state index is 0.672. The van der Waals surface area contributed by atoms with Crippen molar-refractivity contribution in [1.29, 1.82) is 0 Å². The first-order valence-corrected chi connectivity index (χ1v) is 6.27. The van der Waals surface area contributed by atoms with Gasteiger partial charge in [-0.3, -0.25) is 9.67 Å². The van der Waals surface area contributed by atoms with Crippen molar-refractivity contribution in [2.75, 3.05) is 0 Å². The number of hydrogen-bond acceptors (Lipinski definition) is 3. The molecule has 5 heteroatoms. The molecule has 2 heterocycles. The summed E-state index contributed by atoms with van der Waals surface area (Å²) in [5.74, 6) is -0.957. The first-order chi connectivity index (χ1) is 9.40. The normalized spacial score (nSPS) is 11.7. The molecular weight excluding hydrogens is 254 g/mol. The molecule has 0 saturated carbocycles. The largest absolute Gasteiger partial charge is 0.478 e. The summed E-state index contributed by atoms with van der Waals surface area (Å²) in [5.41, 5.74) is 5.46. The Morgan fingerprint density at radius 2 is 2.05 bits per heavy atom. The smallest absolute Gasteiger partial charge is 0.328 e. The second-order valence-electron chi connectivity index (χ2n) is 4.80. The van der Waals surface area contributed by atoms with Crippen molar-refractivity contribution in [1.82, 2.24) is 14.8 Å². The van der Waals surface area contributed by atoms with Gasteiger partial charge in [0.05, 0.1) is 5.69 Å². The van der Waals surface area contributed by atoms with E-state index in [0.29, 0.717) is 5.57 Å². The molecule has 0 aliphatic carbocycles. The monoisotopic (exact) mass is 271 g/mol. The molecule has 0 saturated heterocycles. The van der Waals surface area contributed by atoms with E-state index in [1.165, 1.54) is 6.08 Å². The topological polar surface area (TPSA) is 68.0 Å². The molecule has 2 rings (SSSR count). The summed E-state index contributed by atoms with van der Waals surface area (Å²) in [6.45, 7) is 5.72. The number of aliphatic carboxylic acids is 1. The summed E-state index contributed by atoms with van der Waals surface area (Å²) < 4.78 is 1.83. The van der Waals surface area contributed by atoms with Gasteiger partial charge in [-0.2, -0.15) is 5.10 Å². The van der Waals surface area contributed by atoms with E-state index in [2.05, 4.69) is 10.1 Å². The highest BCUT2D eigenvalue weighted by molar-refractivity contribution is 5.89. The molecule has 0 fully saturated rings. The molecule has 0 atom stereocenters. The van der Waals surface area contributed by atoms with Crippen LogP contribution in [-0.2, 0) is 11.8 Å². The van der Waals surface area contributed by atoms with E-state index >= 15 is 0 Å². The molecule has 0 unspecified atom stereocenters. The minimum Gasteiger partial charge on any atom is -0.478 e. The van der Waals surface area contributed by atoms with Crippen molar-refractivity contribution in [2.45, 2.75) is 20.8 Å². The minimum atomic E-state index is -0.957. The zero-order valence-corrected chi connectivity index (χ0v) is 12.0. The number of nitrogens with zero attached hydrogens (tertiary/aromatic N) is 3. The lowest BCUT2D eigenvalue weighted by Gasteiger charge is -2.05. The molecule has 2 aromatic heterocycles. The standard InChI is InChI=1S/C15H17N3O2/c1-9(5-14(19)20)12-6-13(8-16-7-12)15-10(2)17-18(4)11(15)3/h5-8H,1-4H3,(H,19,20)/b9-5+. The van der Waals surface area contributed by atoms with Gasteiger partial charge >= 0.3 is 5.97 Å². The highest BCUT2D eigenvalue weighted by Crippen LogP contribution is 2.27. The van der Waals surface area contributed by atoms with E-state index in [-0.39, 0.29) is 0 Å². The van der Waals surface area contributed by atoms with Crippen LogP contribution in [0.25, 0.3) is 16.7 Å². The molecule has 20 heavy (non-hydrogen) atoms. The SMILES string of the molecule is C/C(=C\C(=O)O)c1cncc(-c2c(C)nn(C)c2C)c1. The van der Waals surface area contributed by atoms with Crippen molar-refractivity contribution in [2.24, 2.45) is 7.05 Å². The summed E-state index contributed by atoms with van der Waals surface area (Å²) in [6, 6.07) is 1.94. The number of pyridine rings is 1. The summed E-state index contributed by atoms with van der Waals surface area (Å²) in [4.78, 5) is 14.9. The lowest BCUT2D eigenvalue weighted by molar-refractivity contribution is -0.131. The summed E-state index contributed by atoms with van der Waals surface area (Å²) >= 11 is 0. The molecule has 0 bridgehead atoms. The first-order valence-electron chi connectivity index (χ1n) is 6.27. The fourth-order valence-corrected chi connectivity index (χ4v) is 2.25. The third kappa shape index (κ3) is 2.61. The van der Waals surface area contributed by atoms with E-state index < -0.39 is 5.97 Å². The average Bonchev–Trinajstić information content (AvgIpc) is 2.62. The van der Waals surface area contributed by atoms with E-state index in [1.54, 1.807) is 19.3 Å². The Kier molecular flexibility index (Phi) is 3.70. The second-order valence-corrected chi connectivity index (χ2v) is 4.80. The van der Waals surface area contributed by atoms with Crippen LogP contribution in [0.4, 0.5) is 0 Å². The second kappa shape index (κ2) is 5.28. The maximum atomic E-state index is 10.7. The Hall–Kier alpha value is -2.43. The number of aryl methyl sites for hydroxylation is 2. The van der Waals surface area contributed by atoms with Crippen LogP contribution in [0.3, 0.4) is 0 Å². The molecule has 0 aliphatic heterocycles. The quantitative estimate of drug-likeness (QED) is 0.871.